The van der Waals surface area contributed by atoms with E-state index in [0.717, 1.165) is 11.1 Å². The van der Waals surface area contributed by atoms with Crippen LogP contribution in [0.1, 0.15) is 31.4 Å². The Morgan fingerprint density at radius 2 is 1.73 bits per heavy atom. The molecule has 33 heavy (non-hydrogen) atoms. The van der Waals surface area contributed by atoms with Crippen LogP contribution in [0.15, 0.2) is 78.1 Å². The molecule has 4 N–H and O–H groups in total. The Morgan fingerprint density at radius 3 is 2.33 bits per heavy atom. The number of ether oxygens (including phenoxy) is 1. The van der Waals surface area contributed by atoms with Crippen molar-refractivity contribution in [1.29, 1.82) is 0 Å². The van der Waals surface area contributed by atoms with E-state index in [9.17, 15) is 19.5 Å². The molecule has 1 aliphatic heterocycles. The van der Waals surface area contributed by atoms with E-state index >= 15 is 0 Å². The summed E-state index contributed by atoms with van der Waals surface area (Å²) in [5.74, 6) is -2.11. The predicted molar refractivity (Wildman–Crippen MR) is 125 cm³/mol. The van der Waals surface area contributed by atoms with E-state index < -0.39 is 35.3 Å². The first-order valence-electron chi connectivity index (χ1n) is 10.7. The van der Waals surface area contributed by atoms with Crippen LogP contribution in [0.2, 0.25) is 0 Å². The molecule has 0 bridgehead atoms. The molecule has 0 radical (unpaired) electrons. The van der Waals surface area contributed by atoms with Gasteiger partial charge in [-0.3, -0.25) is 9.59 Å². The molecule has 172 valence electrons. The van der Waals surface area contributed by atoms with Crippen LogP contribution in [0.3, 0.4) is 0 Å². The quantitative estimate of drug-likeness (QED) is 0.323. The highest BCUT2D eigenvalue weighted by atomic mass is 16.6. The summed E-state index contributed by atoms with van der Waals surface area (Å²) in [6.45, 7) is 3.32. The minimum Gasteiger partial charge on any atom is -0.511 e. The van der Waals surface area contributed by atoms with Crippen LogP contribution < -0.4 is 11.1 Å². The van der Waals surface area contributed by atoms with Gasteiger partial charge in [-0.25, -0.2) is 4.79 Å². The molecule has 7 heteroatoms. The monoisotopic (exact) mass is 448 g/mol. The molecule has 0 spiro atoms. The van der Waals surface area contributed by atoms with Crippen LogP contribution in [0.25, 0.3) is 6.08 Å². The zero-order valence-electron chi connectivity index (χ0n) is 18.7. The fourth-order valence-corrected chi connectivity index (χ4v) is 3.97. The Hall–Kier alpha value is -3.87. The number of nitrogens with two attached hydrogens (primary N) is 1. The number of primary amides is 1. The van der Waals surface area contributed by atoms with Crippen LogP contribution in [0, 0.1) is 5.92 Å². The fourth-order valence-electron chi connectivity index (χ4n) is 3.97. The highest BCUT2D eigenvalue weighted by molar-refractivity contribution is 6.27. The highest BCUT2D eigenvalue weighted by Gasteiger charge is 2.40. The zero-order valence-corrected chi connectivity index (χ0v) is 18.7. The zero-order chi connectivity index (χ0) is 24.0. The van der Waals surface area contributed by atoms with Gasteiger partial charge in [0.15, 0.2) is 5.78 Å². The number of amides is 2. The van der Waals surface area contributed by atoms with Crippen molar-refractivity contribution in [2.75, 3.05) is 0 Å². The maximum atomic E-state index is 13.0. The topological polar surface area (TPSA) is 119 Å². The number of aliphatic hydroxyl groups is 1. The number of ketones is 1. The number of carbonyl (C=O) groups is 3. The number of nitrogens with one attached hydrogen (secondary N) is 1. The second-order valence-corrected chi connectivity index (χ2v) is 8.62. The second-order valence-electron chi connectivity index (χ2n) is 8.62. The number of rotatable bonds is 8. The molecule has 0 aromatic heterocycles. The Bertz CT molecular complexity index is 1070. The third-order valence-corrected chi connectivity index (χ3v) is 5.41. The number of aliphatic hydroxyl groups excluding tert-OH is 1. The van der Waals surface area contributed by atoms with Gasteiger partial charge in [-0.15, -0.1) is 0 Å². The summed E-state index contributed by atoms with van der Waals surface area (Å²) in [5.41, 5.74) is 5.68. The van der Waals surface area contributed by atoms with E-state index in [2.05, 4.69) is 5.32 Å². The van der Waals surface area contributed by atoms with Crippen LogP contribution >= 0.6 is 0 Å². The number of allylic oxidation sites excluding steroid dienone is 1. The van der Waals surface area contributed by atoms with Crippen molar-refractivity contribution >= 4 is 23.9 Å². The maximum absolute atomic E-state index is 13.0. The van der Waals surface area contributed by atoms with Gasteiger partial charge in [-0.2, -0.15) is 0 Å². The van der Waals surface area contributed by atoms with Crippen LogP contribution in [0.4, 0.5) is 4.79 Å². The second kappa shape index (κ2) is 10.2. The molecule has 0 aliphatic carbocycles. The molecule has 1 aliphatic rings. The summed E-state index contributed by atoms with van der Waals surface area (Å²) in [5, 5.41) is 13.7. The first-order chi connectivity index (χ1) is 15.7. The molecule has 2 aromatic rings. The molecule has 0 saturated carbocycles. The van der Waals surface area contributed by atoms with Crippen molar-refractivity contribution in [3.05, 3.63) is 89.2 Å². The van der Waals surface area contributed by atoms with E-state index in [1.54, 1.807) is 26.0 Å². The van der Waals surface area contributed by atoms with Crippen molar-refractivity contribution in [2.24, 2.45) is 11.7 Å². The number of hydrogen-bond acceptors (Lipinski definition) is 5. The summed E-state index contributed by atoms with van der Waals surface area (Å²) in [4.78, 5) is 37.0. The van der Waals surface area contributed by atoms with E-state index in [-0.39, 0.29) is 17.8 Å². The molecular weight excluding hydrogens is 420 g/mol. The molecule has 2 unspecified atom stereocenters. The van der Waals surface area contributed by atoms with Crippen LogP contribution in [0.5, 0.6) is 0 Å². The smallest absolute Gasteiger partial charge is 0.405 e. The number of hydrogen-bond donors (Lipinski definition) is 3. The van der Waals surface area contributed by atoms with Crippen molar-refractivity contribution in [3.8, 4) is 0 Å². The molecule has 3 rings (SSSR count). The lowest BCUT2D eigenvalue weighted by Gasteiger charge is -2.29. The van der Waals surface area contributed by atoms with E-state index in [1.165, 1.54) is 0 Å². The third-order valence-electron chi connectivity index (χ3n) is 5.41. The first kappa shape index (κ1) is 23.8. The number of Topliss-reactive ketones (excluding diaryl/α,β-unsaturated/α-hetero) is 1. The molecular formula is C26H28N2O5. The van der Waals surface area contributed by atoms with Gasteiger partial charge in [0.2, 0.25) is 0 Å². The van der Waals surface area contributed by atoms with E-state index in [4.69, 9.17) is 10.5 Å². The van der Waals surface area contributed by atoms with Gasteiger partial charge in [0.05, 0.1) is 0 Å². The Kier molecular flexibility index (Phi) is 7.33. The highest BCUT2D eigenvalue weighted by Crippen LogP contribution is 2.31. The number of benzene rings is 2. The lowest BCUT2D eigenvalue weighted by molar-refractivity contribution is -0.117. The van der Waals surface area contributed by atoms with Gasteiger partial charge >= 0.3 is 6.09 Å². The minimum atomic E-state index is -1.02. The average Bonchev–Trinajstić information content (AvgIpc) is 3.04. The summed E-state index contributed by atoms with van der Waals surface area (Å²) >= 11 is 0. The number of carbonyl (C=O) groups excluding carboxylic acids is 3. The molecule has 2 atom stereocenters. The summed E-state index contributed by atoms with van der Waals surface area (Å²) in [6.07, 6.45) is 2.90. The summed E-state index contributed by atoms with van der Waals surface area (Å²) < 4.78 is 5.19. The van der Waals surface area contributed by atoms with Crippen molar-refractivity contribution in [3.63, 3.8) is 0 Å². The van der Waals surface area contributed by atoms with Gasteiger partial charge in [0.25, 0.3) is 5.91 Å². The summed E-state index contributed by atoms with van der Waals surface area (Å²) in [7, 11) is 0. The molecule has 1 fully saturated rings. The van der Waals surface area contributed by atoms with E-state index in [1.807, 2.05) is 60.7 Å². The van der Waals surface area contributed by atoms with Gasteiger partial charge in [0, 0.05) is 5.92 Å². The van der Waals surface area contributed by atoms with Gasteiger partial charge in [-0.1, -0.05) is 72.8 Å². The van der Waals surface area contributed by atoms with Gasteiger partial charge in [-0.05, 0) is 37.8 Å². The molecule has 7 nitrogen and oxygen atoms in total. The maximum Gasteiger partial charge on any atom is 0.405 e. The minimum absolute atomic E-state index is 0.158. The molecule has 2 aromatic carbocycles. The van der Waals surface area contributed by atoms with Crippen molar-refractivity contribution in [2.45, 2.75) is 38.3 Å². The normalized spacial score (nSPS) is 18.8. The van der Waals surface area contributed by atoms with Crippen molar-refractivity contribution < 1.29 is 24.2 Å². The Labute approximate surface area is 192 Å². The largest absolute Gasteiger partial charge is 0.511 e. The Balaban J connectivity index is 1.90. The molecule has 1 saturated heterocycles. The SMILES string of the molecule is CC(C)(CC(Cc1ccccc1)C(O)=C1C(=O)NC(C=Cc2ccccc2)C1=O)OC(N)=O. The van der Waals surface area contributed by atoms with Gasteiger partial charge in [0.1, 0.15) is 23.0 Å². The molecule has 1 heterocycles. The lowest BCUT2D eigenvalue weighted by Crippen LogP contribution is -2.34. The van der Waals surface area contributed by atoms with Gasteiger partial charge < -0.3 is 20.9 Å². The lowest BCUT2D eigenvalue weighted by atomic mass is 9.85. The predicted octanol–water partition coefficient (Wildman–Crippen LogP) is 3.70. The fraction of sp³-hybridized carbons (Fsp3) is 0.269. The van der Waals surface area contributed by atoms with Crippen LogP contribution in [-0.4, -0.2) is 34.5 Å². The molecule has 2 amide bonds. The average molecular weight is 449 g/mol. The third kappa shape index (κ3) is 6.32. The van der Waals surface area contributed by atoms with Crippen molar-refractivity contribution in [1.82, 2.24) is 5.32 Å². The van der Waals surface area contributed by atoms with E-state index in [0.29, 0.717) is 6.42 Å². The van der Waals surface area contributed by atoms with Crippen LogP contribution in [-0.2, 0) is 20.7 Å². The summed E-state index contributed by atoms with van der Waals surface area (Å²) in [6, 6.07) is 17.9. The Morgan fingerprint density at radius 1 is 1.12 bits per heavy atom. The standard InChI is InChI=1S/C26H28N2O5/c1-26(2,33-25(27)32)16-19(15-18-11-7-4-8-12-18)22(29)21-23(30)20(28-24(21)31)14-13-17-9-5-3-6-10-17/h3-14,19-20,29H,15-16H2,1-2H3,(H2,27,32)(H,28,31). The first-order valence-corrected chi connectivity index (χ1v) is 10.7.